The van der Waals surface area contributed by atoms with Gasteiger partial charge in [0.25, 0.3) is 0 Å². The minimum Gasteiger partial charge on any atom is -0.451 e. The van der Waals surface area contributed by atoms with Gasteiger partial charge < -0.3 is 9.73 Å². The van der Waals surface area contributed by atoms with Gasteiger partial charge in [-0.2, -0.15) is 13.2 Å². The minimum atomic E-state index is -4.75. The Balaban J connectivity index is 1.82. The topological polar surface area (TPSA) is 59.3 Å². The van der Waals surface area contributed by atoms with Crippen LogP contribution in [0, 0.1) is 0 Å². The highest BCUT2D eigenvalue weighted by atomic mass is 35.5. The van der Waals surface area contributed by atoms with E-state index >= 15 is 0 Å². The lowest BCUT2D eigenvalue weighted by atomic mass is 10.1. The molecule has 0 saturated heterocycles. The molecular weight excluding hydrogens is 371 g/mol. The van der Waals surface area contributed by atoms with Crippen LogP contribution in [0.25, 0.3) is 11.0 Å². The first-order valence-corrected chi connectivity index (χ1v) is 7.79. The molecule has 0 radical (unpaired) electrons. The molecule has 134 valence electrons. The van der Waals surface area contributed by atoms with Gasteiger partial charge in [-0.05, 0) is 35.9 Å². The van der Waals surface area contributed by atoms with Crippen molar-refractivity contribution in [3.8, 4) is 0 Å². The number of nitrogens with one attached hydrogen (secondary N) is 1. The van der Waals surface area contributed by atoms with Crippen LogP contribution in [-0.4, -0.2) is 5.91 Å². The lowest BCUT2D eigenvalue weighted by Gasteiger charge is -2.08. The van der Waals surface area contributed by atoms with Gasteiger partial charge in [0.1, 0.15) is 5.58 Å². The van der Waals surface area contributed by atoms with Crippen molar-refractivity contribution in [1.82, 2.24) is 0 Å². The summed E-state index contributed by atoms with van der Waals surface area (Å²) in [5, 5.41) is 3.09. The number of alkyl halides is 3. The molecule has 0 aliphatic carbocycles. The molecule has 1 N–H and O–H groups in total. The van der Waals surface area contributed by atoms with Crippen LogP contribution in [0.5, 0.6) is 0 Å². The van der Waals surface area contributed by atoms with Crippen LogP contribution < -0.4 is 10.7 Å². The van der Waals surface area contributed by atoms with E-state index in [-0.39, 0.29) is 29.0 Å². The van der Waals surface area contributed by atoms with Gasteiger partial charge in [-0.3, -0.25) is 9.59 Å². The van der Waals surface area contributed by atoms with Gasteiger partial charge in [-0.25, -0.2) is 0 Å². The molecule has 2 aromatic carbocycles. The normalized spacial score (nSPS) is 11.5. The summed E-state index contributed by atoms with van der Waals surface area (Å²) in [5.41, 5.74) is -0.0292. The summed E-state index contributed by atoms with van der Waals surface area (Å²) in [6, 6.07) is 11.0. The van der Waals surface area contributed by atoms with E-state index in [2.05, 4.69) is 5.32 Å². The van der Waals surface area contributed by atoms with Crippen LogP contribution in [-0.2, 0) is 17.4 Å². The molecule has 0 aliphatic heterocycles. The Labute approximate surface area is 150 Å². The summed E-state index contributed by atoms with van der Waals surface area (Å²) in [6.07, 6.45) is -4.67. The van der Waals surface area contributed by atoms with Crippen molar-refractivity contribution in [2.45, 2.75) is 12.6 Å². The van der Waals surface area contributed by atoms with Gasteiger partial charge in [0.05, 0.1) is 11.8 Å². The molecule has 1 heterocycles. The number of amides is 1. The number of carbonyl (C=O) groups excluding carboxylic acids is 1. The summed E-state index contributed by atoms with van der Waals surface area (Å²) in [6.45, 7) is 0. The Kier molecular flexibility index (Phi) is 4.73. The molecule has 26 heavy (non-hydrogen) atoms. The first-order valence-electron chi connectivity index (χ1n) is 7.42. The molecule has 3 rings (SSSR count). The smallest absolute Gasteiger partial charge is 0.449 e. The average molecular weight is 382 g/mol. The molecule has 0 atom stereocenters. The number of carbonyl (C=O) groups is 1. The third-order valence-corrected chi connectivity index (χ3v) is 3.82. The zero-order valence-electron chi connectivity index (χ0n) is 13.1. The summed E-state index contributed by atoms with van der Waals surface area (Å²) in [5.74, 6) is -1.71. The Morgan fingerprint density at radius 1 is 1.08 bits per heavy atom. The quantitative estimate of drug-likeness (QED) is 0.718. The fraction of sp³-hybridized carbons (Fsp3) is 0.111. The van der Waals surface area contributed by atoms with E-state index in [0.717, 1.165) is 5.56 Å². The van der Waals surface area contributed by atoms with E-state index in [1.807, 2.05) is 0 Å². The van der Waals surface area contributed by atoms with Gasteiger partial charge in [0.15, 0.2) is 5.43 Å². The van der Waals surface area contributed by atoms with Crippen LogP contribution >= 0.6 is 11.6 Å². The first-order chi connectivity index (χ1) is 12.2. The van der Waals surface area contributed by atoms with Gasteiger partial charge in [-0.15, -0.1) is 0 Å². The Bertz CT molecular complexity index is 1030. The van der Waals surface area contributed by atoms with Crippen LogP contribution in [0.2, 0.25) is 5.02 Å². The second-order valence-corrected chi connectivity index (χ2v) is 5.97. The molecule has 0 saturated carbocycles. The molecule has 1 amide bonds. The largest absolute Gasteiger partial charge is 0.451 e. The minimum absolute atomic E-state index is 0.0534. The molecule has 8 heteroatoms. The maximum atomic E-state index is 12.7. The molecule has 0 aliphatic rings. The third-order valence-electron chi connectivity index (χ3n) is 3.57. The van der Waals surface area contributed by atoms with E-state index in [1.165, 1.54) is 18.2 Å². The Morgan fingerprint density at radius 2 is 1.77 bits per heavy atom. The highest BCUT2D eigenvalue weighted by molar-refractivity contribution is 6.30. The highest BCUT2D eigenvalue weighted by Crippen LogP contribution is 2.30. The predicted molar refractivity (Wildman–Crippen MR) is 91.3 cm³/mol. The second kappa shape index (κ2) is 6.84. The number of hydrogen-bond acceptors (Lipinski definition) is 3. The van der Waals surface area contributed by atoms with Crippen LogP contribution in [0.1, 0.15) is 11.3 Å². The van der Waals surface area contributed by atoms with Crippen molar-refractivity contribution in [2.75, 3.05) is 5.32 Å². The lowest BCUT2D eigenvalue weighted by molar-refractivity contribution is -0.152. The van der Waals surface area contributed by atoms with E-state index in [0.29, 0.717) is 11.1 Å². The zero-order chi connectivity index (χ0) is 18.9. The van der Waals surface area contributed by atoms with Crippen molar-refractivity contribution >= 4 is 34.2 Å². The van der Waals surface area contributed by atoms with Crippen LogP contribution in [0.15, 0.2) is 57.7 Å². The average Bonchev–Trinajstić information content (AvgIpc) is 2.56. The highest BCUT2D eigenvalue weighted by Gasteiger charge is 2.34. The molecule has 0 unspecified atom stereocenters. The number of rotatable bonds is 3. The second-order valence-electron chi connectivity index (χ2n) is 5.54. The first kappa shape index (κ1) is 18.0. The molecule has 0 bridgehead atoms. The van der Waals surface area contributed by atoms with Crippen molar-refractivity contribution in [3.63, 3.8) is 0 Å². The van der Waals surface area contributed by atoms with Gasteiger partial charge in [0.2, 0.25) is 11.7 Å². The fourth-order valence-corrected chi connectivity index (χ4v) is 2.49. The molecule has 1 aromatic heterocycles. The summed E-state index contributed by atoms with van der Waals surface area (Å²) >= 11 is 5.78. The maximum Gasteiger partial charge on any atom is 0.449 e. The molecule has 4 nitrogen and oxygen atoms in total. The number of halogens is 4. The van der Waals surface area contributed by atoms with E-state index < -0.39 is 17.4 Å². The lowest BCUT2D eigenvalue weighted by Crippen LogP contribution is -2.15. The van der Waals surface area contributed by atoms with Crippen LogP contribution in [0.4, 0.5) is 18.9 Å². The van der Waals surface area contributed by atoms with Crippen LogP contribution in [0.3, 0.4) is 0 Å². The standard InChI is InChI=1S/C18H11ClF3NO3/c19-11-3-1-10(2-4-11)7-17(25)23-12-5-6-15-13(8-12)14(24)9-16(26-15)18(20,21)22/h1-6,8-9H,7H2,(H,23,25). The van der Waals surface area contributed by atoms with Gasteiger partial charge in [-0.1, -0.05) is 23.7 Å². The van der Waals surface area contributed by atoms with Gasteiger partial charge in [0, 0.05) is 16.8 Å². The molecule has 0 fully saturated rings. The molecular formula is C18H11ClF3NO3. The SMILES string of the molecule is O=C(Cc1ccc(Cl)cc1)Nc1ccc2oc(C(F)(F)F)cc(=O)c2c1. The van der Waals surface area contributed by atoms with Crippen molar-refractivity contribution in [1.29, 1.82) is 0 Å². The summed E-state index contributed by atoms with van der Waals surface area (Å²) in [4.78, 5) is 24.0. The molecule has 3 aromatic rings. The van der Waals surface area contributed by atoms with Crippen molar-refractivity contribution in [3.05, 3.63) is 75.1 Å². The van der Waals surface area contributed by atoms with E-state index in [1.54, 1.807) is 24.3 Å². The van der Waals surface area contributed by atoms with Crippen molar-refractivity contribution in [2.24, 2.45) is 0 Å². The summed E-state index contributed by atoms with van der Waals surface area (Å²) < 4.78 is 42.8. The fourth-order valence-electron chi connectivity index (χ4n) is 2.37. The number of benzene rings is 2. The Morgan fingerprint density at radius 3 is 2.42 bits per heavy atom. The predicted octanol–water partition coefficient (Wildman–Crippen LogP) is 4.65. The number of fused-ring (bicyclic) bond motifs is 1. The zero-order valence-corrected chi connectivity index (χ0v) is 13.8. The van der Waals surface area contributed by atoms with Crippen molar-refractivity contribution < 1.29 is 22.4 Å². The van der Waals surface area contributed by atoms with E-state index in [9.17, 15) is 22.8 Å². The number of hydrogen-bond donors (Lipinski definition) is 1. The van der Waals surface area contributed by atoms with E-state index in [4.69, 9.17) is 16.0 Å². The molecule has 0 spiro atoms. The Hall–Kier alpha value is -2.80. The number of anilines is 1. The van der Waals surface area contributed by atoms with Gasteiger partial charge >= 0.3 is 6.18 Å². The monoisotopic (exact) mass is 381 g/mol. The maximum absolute atomic E-state index is 12.7. The summed E-state index contributed by atoms with van der Waals surface area (Å²) in [7, 11) is 0. The third kappa shape index (κ3) is 4.05.